The summed E-state index contributed by atoms with van der Waals surface area (Å²) >= 11 is 1.13. The lowest BCUT2D eigenvalue weighted by molar-refractivity contribution is -0.400. The van der Waals surface area contributed by atoms with Gasteiger partial charge in [0.1, 0.15) is 5.60 Å². The van der Waals surface area contributed by atoms with Crippen molar-refractivity contribution in [2.75, 3.05) is 26.2 Å². The van der Waals surface area contributed by atoms with Gasteiger partial charge in [-0.2, -0.15) is 4.84 Å². The highest BCUT2D eigenvalue weighted by molar-refractivity contribution is 7.14. The molecular weight excluding hydrogens is 471 g/mol. The van der Waals surface area contributed by atoms with E-state index < -0.39 is 17.9 Å². The molecule has 0 atom stereocenters. The Balaban J connectivity index is 1.59. The van der Waals surface area contributed by atoms with Gasteiger partial charge in [0.15, 0.2) is 0 Å². The molecule has 3 rings (SSSR count). The molecule has 0 N–H and O–H groups in total. The first-order valence-corrected chi connectivity index (χ1v) is 11.6. The Kier molecular flexibility index (Phi) is 8.21. The van der Waals surface area contributed by atoms with Crippen LogP contribution in [0, 0.1) is 0 Å². The first-order valence-electron chi connectivity index (χ1n) is 10.8. The molecule has 1 fully saturated rings. The summed E-state index contributed by atoms with van der Waals surface area (Å²) in [7, 11) is 0. The molecule has 0 aliphatic carbocycles. The second kappa shape index (κ2) is 10.7. The van der Waals surface area contributed by atoms with Crippen molar-refractivity contribution in [3.05, 3.63) is 57.8 Å². The van der Waals surface area contributed by atoms with Gasteiger partial charge in [-0.1, -0.05) is 30.3 Å². The second-order valence-corrected chi connectivity index (χ2v) is 10.0. The van der Waals surface area contributed by atoms with Crippen molar-refractivity contribution < 1.29 is 32.3 Å². The van der Waals surface area contributed by atoms with Gasteiger partial charge in [-0.3, -0.25) is 9.69 Å². The van der Waals surface area contributed by atoms with Crippen LogP contribution in [0.15, 0.2) is 42.5 Å². The Morgan fingerprint density at radius 1 is 1.00 bits per heavy atom. The number of hydroxylamine groups is 2. The summed E-state index contributed by atoms with van der Waals surface area (Å²) in [5.41, 5.74) is -0.0435. The lowest BCUT2D eigenvalue weighted by Gasteiger charge is -2.35. The van der Waals surface area contributed by atoms with E-state index in [0.29, 0.717) is 43.4 Å². The third-order valence-corrected chi connectivity index (χ3v) is 5.94. The molecule has 1 aliphatic rings. The van der Waals surface area contributed by atoms with Crippen LogP contribution in [0.25, 0.3) is 0 Å². The van der Waals surface area contributed by atoms with Crippen LogP contribution in [0.5, 0.6) is 0 Å². The van der Waals surface area contributed by atoms with Gasteiger partial charge < -0.3 is 9.64 Å². The number of alkyl halides is 3. The highest BCUT2D eigenvalue weighted by Gasteiger charge is 2.36. The lowest BCUT2D eigenvalue weighted by atomic mass is 10.2. The molecule has 34 heavy (non-hydrogen) atoms. The minimum atomic E-state index is -4.99. The Bertz CT molecular complexity index is 968. The molecule has 1 aliphatic heterocycles. The minimum absolute atomic E-state index is 0.155. The average Bonchev–Trinajstić information content (AvgIpc) is 3.20. The summed E-state index contributed by atoms with van der Waals surface area (Å²) < 4.78 is 44.2. The van der Waals surface area contributed by atoms with Crippen molar-refractivity contribution in [1.82, 2.24) is 14.9 Å². The van der Waals surface area contributed by atoms with Crippen molar-refractivity contribution in [1.29, 1.82) is 0 Å². The molecule has 1 saturated heterocycles. The summed E-state index contributed by atoms with van der Waals surface area (Å²) in [5, 5.41) is 0.338. The third-order valence-electron chi connectivity index (χ3n) is 4.89. The maximum atomic E-state index is 12.9. The number of carbonyl (C=O) groups excluding carboxylic acids is 2. The monoisotopic (exact) mass is 499 g/mol. The molecule has 7 nitrogen and oxygen atoms in total. The SMILES string of the molecule is CC(C)(C)OC(=O)N1CCN(Cc2ccc(C(=O)N(Cc3ccccc3)OC(F)(F)F)s2)CC1. The Labute approximate surface area is 200 Å². The largest absolute Gasteiger partial charge is 0.544 e. The van der Waals surface area contributed by atoms with Crippen LogP contribution in [-0.2, 0) is 22.7 Å². The standard InChI is InChI=1S/C23H28F3N3O4S/c1-22(2,3)32-21(31)28-13-11-27(12-14-28)16-18-9-10-19(34-18)20(30)29(33-23(24,25)26)15-17-7-5-4-6-8-17/h4-10H,11-16H2,1-3H3. The van der Waals surface area contributed by atoms with E-state index in [-0.39, 0.29) is 17.5 Å². The topological polar surface area (TPSA) is 62.3 Å². The maximum Gasteiger partial charge on any atom is 0.544 e. The molecule has 0 saturated carbocycles. The van der Waals surface area contributed by atoms with Crippen LogP contribution in [-0.4, -0.2) is 65.0 Å². The van der Waals surface area contributed by atoms with Crippen LogP contribution in [0.4, 0.5) is 18.0 Å². The molecule has 0 unspecified atom stereocenters. The van der Waals surface area contributed by atoms with E-state index in [1.807, 2.05) is 20.8 Å². The maximum absolute atomic E-state index is 12.9. The third kappa shape index (κ3) is 8.00. The molecule has 0 spiro atoms. The van der Waals surface area contributed by atoms with E-state index in [4.69, 9.17) is 4.74 Å². The normalized spacial score (nSPS) is 15.3. The minimum Gasteiger partial charge on any atom is -0.444 e. The molecular formula is C23H28F3N3O4S. The Morgan fingerprint density at radius 2 is 1.65 bits per heavy atom. The zero-order valence-corrected chi connectivity index (χ0v) is 20.1. The number of amides is 2. The summed E-state index contributed by atoms with van der Waals surface area (Å²) in [6.45, 7) is 7.91. The van der Waals surface area contributed by atoms with Gasteiger partial charge in [0, 0.05) is 37.6 Å². The molecule has 2 heterocycles. The summed E-state index contributed by atoms with van der Waals surface area (Å²) in [6, 6.07) is 11.6. The Morgan fingerprint density at radius 3 is 2.24 bits per heavy atom. The average molecular weight is 500 g/mol. The number of ether oxygens (including phenoxy) is 1. The van der Waals surface area contributed by atoms with Crippen molar-refractivity contribution in [2.24, 2.45) is 0 Å². The number of nitrogens with zero attached hydrogens (tertiary/aromatic N) is 3. The molecule has 11 heteroatoms. The number of carbonyl (C=O) groups is 2. The second-order valence-electron chi connectivity index (χ2n) is 8.87. The van der Waals surface area contributed by atoms with Crippen molar-refractivity contribution >= 4 is 23.3 Å². The number of hydrogen-bond donors (Lipinski definition) is 0. The number of rotatable bonds is 6. The summed E-state index contributed by atoms with van der Waals surface area (Å²) in [4.78, 5) is 33.8. The molecule has 1 aromatic heterocycles. The van der Waals surface area contributed by atoms with Crippen molar-refractivity contribution in [2.45, 2.75) is 45.8 Å². The van der Waals surface area contributed by atoms with Gasteiger partial charge in [0.25, 0.3) is 5.91 Å². The molecule has 186 valence electrons. The zero-order chi connectivity index (χ0) is 24.9. The van der Waals surface area contributed by atoms with Crippen LogP contribution in [0.3, 0.4) is 0 Å². The summed E-state index contributed by atoms with van der Waals surface area (Å²) in [6.07, 6.45) is -5.34. The molecule has 1 aromatic carbocycles. The van der Waals surface area contributed by atoms with Crippen LogP contribution in [0.2, 0.25) is 0 Å². The fraction of sp³-hybridized carbons (Fsp3) is 0.478. The summed E-state index contributed by atoms with van der Waals surface area (Å²) in [5.74, 6) is -0.854. The number of halogens is 3. The molecule has 0 bridgehead atoms. The predicted molar refractivity (Wildman–Crippen MR) is 121 cm³/mol. The highest BCUT2D eigenvalue weighted by Crippen LogP contribution is 2.26. The fourth-order valence-electron chi connectivity index (χ4n) is 3.36. The van der Waals surface area contributed by atoms with E-state index in [1.165, 1.54) is 6.07 Å². The fourth-order valence-corrected chi connectivity index (χ4v) is 4.35. The highest BCUT2D eigenvalue weighted by atomic mass is 32.1. The van der Waals surface area contributed by atoms with Crippen LogP contribution < -0.4 is 0 Å². The van der Waals surface area contributed by atoms with Crippen molar-refractivity contribution in [3.63, 3.8) is 0 Å². The number of piperazine rings is 1. The van der Waals surface area contributed by atoms with E-state index in [0.717, 1.165) is 16.2 Å². The van der Waals surface area contributed by atoms with Crippen LogP contribution >= 0.6 is 11.3 Å². The number of benzene rings is 1. The van der Waals surface area contributed by atoms with Gasteiger partial charge in [-0.15, -0.1) is 24.5 Å². The van der Waals surface area contributed by atoms with E-state index >= 15 is 0 Å². The lowest BCUT2D eigenvalue weighted by Crippen LogP contribution is -2.49. The first-order chi connectivity index (χ1) is 15.9. The van der Waals surface area contributed by atoms with Gasteiger partial charge in [0.05, 0.1) is 11.4 Å². The predicted octanol–water partition coefficient (Wildman–Crippen LogP) is 4.89. The van der Waals surface area contributed by atoms with E-state index in [2.05, 4.69) is 9.74 Å². The first kappa shape index (κ1) is 26.0. The number of thiophene rings is 1. The van der Waals surface area contributed by atoms with Crippen LogP contribution in [0.1, 0.15) is 40.9 Å². The zero-order valence-electron chi connectivity index (χ0n) is 19.3. The Hall–Kier alpha value is -2.63. The number of hydrogen-bond acceptors (Lipinski definition) is 6. The molecule has 0 radical (unpaired) electrons. The van der Waals surface area contributed by atoms with E-state index in [1.54, 1.807) is 41.3 Å². The van der Waals surface area contributed by atoms with Gasteiger partial charge >= 0.3 is 12.5 Å². The quantitative estimate of drug-likeness (QED) is 0.530. The van der Waals surface area contributed by atoms with Crippen molar-refractivity contribution in [3.8, 4) is 0 Å². The smallest absolute Gasteiger partial charge is 0.444 e. The molecule has 2 amide bonds. The van der Waals surface area contributed by atoms with Gasteiger partial charge in [-0.05, 0) is 38.5 Å². The van der Waals surface area contributed by atoms with E-state index in [9.17, 15) is 22.8 Å². The van der Waals surface area contributed by atoms with Gasteiger partial charge in [0.2, 0.25) is 0 Å². The van der Waals surface area contributed by atoms with Gasteiger partial charge in [-0.25, -0.2) is 9.86 Å². The molecule has 2 aromatic rings.